The summed E-state index contributed by atoms with van der Waals surface area (Å²) in [6.45, 7) is 5.27. The molecule has 0 saturated carbocycles. The van der Waals surface area contributed by atoms with E-state index >= 15 is 0 Å². The zero-order valence-electron chi connectivity index (χ0n) is 15.5. The van der Waals surface area contributed by atoms with Crippen molar-refractivity contribution in [3.8, 4) is 5.75 Å². The molecule has 1 N–H and O–H groups in total. The molecule has 0 aliphatic carbocycles. The van der Waals surface area contributed by atoms with Gasteiger partial charge in [0.2, 0.25) is 10.0 Å². The van der Waals surface area contributed by atoms with Gasteiger partial charge >= 0.3 is 0 Å². The number of carbonyl (C=O) groups is 1. The predicted octanol–water partition coefficient (Wildman–Crippen LogP) is 2.81. The Morgan fingerprint density at radius 3 is 2.46 bits per heavy atom. The number of nitrogens with one attached hydrogen (secondary N) is 1. The van der Waals surface area contributed by atoms with Gasteiger partial charge in [-0.2, -0.15) is 0 Å². The molecule has 2 aromatic rings. The van der Waals surface area contributed by atoms with Crippen LogP contribution in [0.2, 0.25) is 0 Å². The van der Waals surface area contributed by atoms with Gasteiger partial charge in [0.05, 0.1) is 19.4 Å². The van der Waals surface area contributed by atoms with Gasteiger partial charge in [-0.3, -0.25) is 4.79 Å². The van der Waals surface area contributed by atoms with Crippen LogP contribution in [0.15, 0.2) is 45.9 Å². The van der Waals surface area contributed by atoms with Crippen molar-refractivity contribution in [2.75, 3.05) is 14.2 Å². The molecule has 1 aromatic carbocycles. The van der Waals surface area contributed by atoms with Gasteiger partial charge in [-0.15, -0.1) is 0 Å². The zero-order chi connectivity index (χ0) is 19.5. The van der Waals surface area contributed by atoms with Crippen LogP contribution in [0.1, 0.15) is 42.9 Å². The van der Waals surface area contributed by atoms with Gasteiger partial charge in [0.25, 0.3) is 5.91 Å². The maximum absolute atomic E-state index is 12.8. The van der Waals surface area contributed by atoms with E-state index in [0.717, 1.165) is 0 Å². The highest BCUT2D eigenvalue weighted by Gasteiger charge is 2.25. The first-order chi connectivity index (χ1) is 12.2. The van der Waals surface area contributed by atoms with E-state index < -0.39 is 10.0 Å². The predicted molar refractivity (Wildman–Crippen MR) is 97.7 cm³/mol. The second-order valence-electron chi connectivity index (χ2n) is 6.25. The monoisotopic (exact) mass is 380 g/mol. The van der Waals surface area contributed by atoms with E-state index in [0.29, 0.717) is 5.76 Å². The number of ether oxygens (including phenoxy) is 1. The molecule has 1 heterocycles. The average Bonchev–Trinajstić information content (AvgIpc) is 3.12. The Kier molecular flexibility index (Phi) is 6.09. The van der Waals surface area contributed by atoms with Crippen LogP contribution < -0.4 is 9.46 Å². The third-order valence-corrected chi connectivity index (χ3v) is 5.63. The molecular weight excluding hydrogens is 356 g/mol. The minimum absolute atomic E-state index is 0.0707. The van der Waals surface area contributed by atoms with Crippen LogP contribution in [0.4, 0.5) is 0 Å². The number of benzene rings is 1. The first kappa shape index (κ1) is 20.0. The van der Waals surface area contributed by atoms with Crippen LogP contribution in [0.5, 0.6) is 5.75 Å². The Balaban J connectivity index is 2.38. The van der Waals surface area contributed by atoms with Crippen molar-refractivity contribution in [3.05, 3.63) is 47.9 Å². The molecule has 2 rings (SSSR count). The lowest BCUT2D eigenvalue weighted by Crippen LogP contribution is -2.32. The smallest absolute Gasteiger partial charge is 0.254 e. The van der Waals surface area contributed by atoms with Crippen molar-refractivity contribution in [2.45, 2.75) is 37.8 Å². The number of rotatable bonds is 7. The summed E-state index contributed by atoms with van der Waals surface area (Å²) in [6, 6.07) is 7.30. The molecule has 7 nitrogen and oxygen atoms in total. The average molecular weight is 380 g/mol. The van der Waals surface area contributed by atoms with Gasteiger partial charge in [-0.05, 0) is 51.1 Å². The van der Waals surface area contributed by atoms with Gasteiger partial charge in [-0.25, -0.2) is 13.1 Å². The highest BCUT2D eigenvalue weighted by Crippen LogP contribution is 2.27. The first-order valence-electron chi connectivity index (χ1n) is 8.18. The number of sulfonamides is 1. The van der Waals surface area contributed by atoms with E-state index in [9.17, 15) is 13.2 Å². The Morgan fingerprint density at radius 1 is 1.23 bits per heavy atom. The van der Waals surface area contributed by atoms with Crippen LogP contribution in [0, 0.1) is 0 Å². The molecular formula is C18H24N2O5S. The SMILES string of the molecule is COc1ccc(C(=O)N(C)C(C)c2ccco2)cc1S(=O)(=O)NC(C)C. The van der Waals surface area contributed by atoms with Crippen LogP contribution >= 0.6 is 0 Å². The van der Waals surface area contributed by atoms with Crippen LogP contribution in [-0.2, 0) is 10.0 Å². The summed E-state index contributed by atoms with van der Waals surface area (Å²) < 4.78 is 38.1. The number of carbonyl (C=O) groups excluding carboxylic acids is 1. The lowest BCUT2D eigenvalue weighted by molar-refractivity contribution is 0.0726. The normalized spacial score (nSPS) is 12.8. The summed E-state index contributed by atoms with van der Waals surface area (Å²) in [5.74, 6) is 0.498. The summed E-state index contributed by atoms with van der Waals surface area (Å²) in [6.07, 6.45) is 1.54. The molecule has 1 unspecified atom stereocenters. The molecule has 0 radical (unpaired) electrons. The third kappa shape index (κ3) is 4.25. The summed E-state index contributed by atoms with van der Waals surface area (Å²) in [5.41, 5.74) is 0.246. The third-order valence-electron chi connectivity index (χ3n) is 3.95. The molecule has 1 atom stereocenters. The van der Waals surface area contributed by atoms with Gasteiger partial charge in [0, 0.05) is 18.7 Å². The van der Waals surface area contributed by atoms with Crippen molar-refractivity contribution >= 4 is 15.9 Å². The lowest BCUT2D eigenvalue weighted by Gasteiger charge is -2.24. The van der Waals surface area contributed by atoms with E-state index in [1.165, 1.54) is 24.1 Å². The highest BCUT2D eigenvalue weighted by molar-refractivity contribution is 7.89. The van der Waals surface area contributed by atoms with E-state index in [4.69, 9.17) is 9.15 Å². The summed E-state index contributed by atoms with van der Waals surface area (Å²) in [5, 5.41) is 0. The number of amides is 1. The maximum atomic E-state index is 12.8. The molecule has 0 aliphatic rings. The molecule has 0 fully saturated rings. The zero-order valence-corrected chi connectivity index (χ0v) is 16.3. The van der Waals surface area contributed by atoms with Crippen LogP contribution in [0.25, 0.3) is 0 Å². The Bertz CT molecular complexity index is 860. The van der Waals surface area contributed by atoms with E-state index in [1.54, 1.807) is 45.4 Å². The molecule has 8 heteroatoms. The van der Waals surface area contributed by atoms with E-state index in [-0.39, 0.29) is 34.2 Å². The topological polar surface area (TPSA) is 88.8 Å². The van der Waals surface area contributed by atoms with Crippen molar-refractivity contribution in [1.29, 1.82) is 0 Å². The molecule has 26 heavy (non-hydrogen) atoms. The molecule has 1 aromatic heterocycles. The standard InChI is InChI=1S/C18H24N2O5S/c1-12(2)19-26(22,23)17-11-14(8-9-16(17)24-5)18(21)20(4)13(3)15-7-6-10-25-15/h6-13,19H,1-5H3. The van der Waals surface area contributed by atoms with E-state index in [2.05, 4.69) is 4.72 Å². The number of hydrogen-bond donors (Lipinski definition) is 1. The fourth-order valence-electron chi connectivity index (χ4n) is 2.49. The van der Waals surface area contributed by atoms with Gasteiger partial charge in [-0.1, -0.05) is 0 Å². The molecule has 142 valence electrons. The minimum Gasteiger partial charge on any atom is -0.495 e. The largest absolute Gasteiger partial charge is 0.495 e. The number of furan rings is 1. The summed E-state index contributed by atoms with van der Waals surface area (Å²) in [7, 11) is -0.787. The molecule has 0 aliphatic heterocycles. The second kappa shape index (κ2) is 7.92. The molecule has 0 bridgehead atoms. The second-order valence-corrected chi connectivity index (χ2v) is 7.93. The fourth-order valence-corrected chi connectivity index (χ4v) is 3.94. The van der Waals surface area contributed by atoms with Crippen molar-refractivity contribution < 1.29 is 22.4 Å². The van der Waals surface area contributed by atoms with Gasteiger partial charge in [0.1, 0.15) is 16.4 Å². The van der Waals surface area contributed by atoms with Gasteiger partial charge in [0.15, 0.2) is 0 Å². The minimum atomic E-state index is -3.81. The van der Waals surface area contributed by atoms with Crippen molar-refractivity contribution in [2.24, 2.45) is 0 Å². The number of methoxy groups -OCH3 is 1. The lowest BCUT2D eigenvalue weighted by atomic mass is 10.1. The van der Waals surface area contributed by atoms with Crippen LogP contribution in [0.3, 0.4) is 0 Å². The van der Waals surface area contributed by atoms with E-state index in [1.807, 2.05) is 6.92 Å². The summed E-state index contributed by atoms with van der Waals surface area (Å²) in [4.78, 5) is 14.2. The maximum Gasteiger partial charge on any atom is 0.254 e. The first-order valence-corrected chi connectivity index (χ1v) is 9.66. The Labute approximate surface area is 154 Å². The van der Waals surface area contributed by atoms with Crippen molar-refractivity contribution in [1.82, 2.24) is 9.62 Å². The molecule has 1 amide bonds. The Hall–Kier alpha value is -2.32. The number of nitrogens with zero attached hydrogens (tertiary/aromatic N) is 1. The number of hydrogen-bond acceptors (Lipinski definition) is 5. The molecule has 0 saturated heterocycles. The fraction of sp³-hybridized carbons (Fsp3) is 0.389. The van der Waals surface area contributed by atoms with Crippen molar-refractivity contribution in [3.63, 3.8) is 0 Å². The summed E-state index contributed by atoms with van der Waals surface area (Å²) >= 11 is 0. The Morgan fingerprint density at radius 2 is 1.92 bits per heavy atom. The molecule has 0 spiro atoms. The highest BCUT2D eigenvalue weighted by atomic mass is 32.2. The van der Waals surface area contributed by atoms with Crippen LogP contribution in [-0.4, -0.2) is 39.4 Å². The quantitative estimate of drug-likeness (QED) is 0.798. The van der Waals surface area contributed by atoms with Gasteiger partial charge < -0.3 is 14.1 Å².